The number of aromatic nitrogens is 1. The molecule has 1 unspecified atom stereocenters. The number of carbonyl (C=O) groups excluding carboxylic acids is 2. The summed E-state index contributed by atoms with van der Waals surface area (Å²) >= 11 is 0.932. The van der Waals surface area contributed by atoms with E-state index >= 15 is 0 Å². The van der Waals surface area contributed by atoms with Crippen LogP contribution in [0.4, 0.5) is 32.0 Å². The summed E-state index contributed by atoms with van der Waals surface area (Å²) in [7, 11) is 0. The van der Waals surface area contributed by atoms with E-state index in [1.54, 1.807) is 0 Å². The van der Waals surface area contributed by atoms with Gasteiger partial charge in [0, 0.05) is 30.2 Å². The lowest BCUT2D eigenvalue weighted by Gasteiger charge is -2.29. The number of nitrogens with zero attached hydrogens (tertiary/aromatic N) is 3. The van der Waals surface area contributed by atoms with E-state index in [-0.39, 0.29) is 30.2 Å². The fourth-order valence-corrected chi connectivity index (χ4v) is 4.58. The number of alkyl halides is 5. The average molecular weight is 553 g/mol. The van der Waals surface area contributed by atoms with Crippen LogP contribution in [-0.4, -0.2) is 40.9 Å². The Morgan fingerprint density at radius 2 is 1.95 bits per heavy atom. The van der Waals surface area contributed by atoms with Crippen LogP contribution in [0.15, 0.2) is 47.8 Å². The van der Waals surface area contributed by atoms with Gasteiger partial charge in [-0.3, -0.25) is 14.5 Å². The van der Waals surface area contributed by atoms with E-state index in [1.807, 2.05) is 0 Å². The average Bonchev–Trinajstić information content (AvgIpc) is 3.47. The van der Waals surface area contributed by atoms with Crippen LogP contribution in [0.5, 0.6) is 5.75 Å². The fraction of sp³-hybridized carbons (Fsp3) is 0.240. The van der Waals surface area contributed by atoms with Gasteiger partial charge in [0.2, 0.25) is 5.91 Å². The van der Waals surface area contributed by atoms with E-state index in [4.69, 9.17) is 6.42 Å². The zero-order valence-electron chi connectivity index (χ0n) is 19.2. The second-order valence-corrected chi connectivity index (χ2v) is 9.00. The molecule has 0 bridgehead atoms. The smallest absolute Gasteiger partial charge is 0.416 e. The van der Waals surface area contributed by atoms with Gasteiger partial charge in [-0.15, -0.1) is 17.8 Å². The fourth-order valence-electron chi connectivity index (χ4n) is 3.99. The lowest BCUT2D eigenvalue weighted by atomic mass is 10.1. The Morgan fingerprint density at radius 3 is 2.55 bits per heavy atom. The number of carbonyl (C=O) groups is 2. The molecule has 1 atom stereocenters. The maximum absolute atomic E-state index is 13.6. The first kappa shape index (κ1) is 27.0. The largest absolute Gasteiger partial charge is 0.435 e. The molecule has 0 saturated carbocycles. The summed E-state index contributed by atoms with van der Waals surface area (Å²) in [6.45, 7) is -3.26. The molecule has 1 saturated heterocycles. The molecule has 2 amide bonds. The Bertz CT molecular complexity index is 1380. The lowest BCUT2D eigenvalue weighted by Crippen LogP contribution is -2.45. The SMILES string of the molecule is C#Cc1nc(C(=O)N(c2cc(OC(F)F)cc(C(F)(F)F)c2)C2CCN(Cc3ccc(F)cc3)C2=O)cs1. The second kappa shape index (κ2) is 10.7. The molecule has 13 heteroatoms. The molecule has 2 heterocycles. The van der Waals surface area contributed by atoms with Gasteiger partial charge in [-0.2, -0.15) is 22.0 Å². The van der Waals surface area contributed by atoms with Crippen LogP contribution < -0.4 is 9.64 Å². The summed E-state index contributed by atoms with van der Waals surface area (Å²) in [6, 6.07) is 5.83. The molecule has 38 heavy (non-hydrogen) atoms. The number of halogens is 6. The highest BCUT2D eigenvalue weighted by Gasteiger charge is 2.41. The third-order valence-corrected chi connectivity index (χ3v) is 6.43. The standard InChI is InChI=1S/C25H17F6N3O3S/c1-2-21-32-19(13-38-21)22(35)34(17-9-15(25(29,30)31)10-18(11-17)37-24(27)28)20-7-8-33(23(20)36)12-14-3-5-16(26)6-4-14/h1,3-6,9-11,13,20,24H,7-8,12H2. The molecule has 198 valence electrons. The maximum atomic E-state index is 13.6. The topological polar surface area (TPSA) is 62.7 Å². The van der Waals surface area contributed by atoms with Gasteiger partial charge < -0.3 is 9.64 Å². The van der Waals surface area contributed by atoms with Gasteiger partial charge in [0.15, 0.2) is 5.01 Å². The van der Waals surface area contributed by atoms with Crippen LogP contribution in [0.1, 0.15) is 33.0 Å². The summed E-state index contributed by atoms with van der Waals surface area (Å²) in [6.07, 6.45) is 0.343. The molecular formula is C25H17F6N3O3S. The van der Waals surface area contributed by atoms with Crippen molar-refractivity contribution in [3.05, 3.63) is 75.5 Å². The summed E-state index contributed by atoms with van der Waals surface area (Å²) in [4.78, 5) is 33.0. The molecule has 0 spiro atoms. The zero-order valence-corrected chi connectivity index (χ0v) is 20.0. The van der Waals surface area contributed by atoms with Gasteiger partial charge >= 0.3 is 12.8 Å². The van der Waals surface area contributed by atoms with Crippen LogP contribution in [-0.2, 0) is 17.5 Å². The molecule has 0 radical (unpaired) electrons. The quantitative estimate of drug-likeness (QED) is 0.293. The summed E-state index contributed by atoms with van der Waals surface area (Å²) < 4.78 is 84.1. The van der Waals surface area contributed by atoms with Crippen molar-refractivity contribution < 1.29 is 40.7 Å². The van der Waals surface area contributed by atoms with Crippen molar-refractivity contribution in [1.29, 1.82) is 0 Å². The van der Waals surface area contributed by atoms with E-state index in [0.29, 0.717) is 17.7 Å². The second-order valence-electron chi connectivity index (χ2n) is 8.14. The molecule has 1 aliphatic rings. The van der Waals surface area contributed by atoms with E-state index in [0.717, 1.165) is 22.3 Å². The van der Waals surface area contributed by atoms with E-state index < -0.39 is 53.5 Å². The number of hydrogen-bond donors (Lipinski definition) is 0. The van der Waals surface area contributed by atoms with Crippen LogP contribution in [0.3, 0.4) is 0 Å². The van der Waals surface area contributed by atoms with Gasteiger partial charge in [-0.1, -0.05) is 12.1 Å². The predicted molar refractivity (Wildman–Crippen MR) is 125 cm³/mol. The third-order valence-electron chi connectivity index (χ3n) is 5.66. The number of benzene rings is 2. The Morgan fingerprint density at radius 1 is 1.24 bits per heavy atom. The highest BCUT2D eigenvalue weighted by atomic mass is 32.1. The minimum Gasteiger partial charge on any atom is -0.435 e. The lowest BCUT2D eigenvalue weighted by molar-refractivity contribution is -0.138. The first-order chi connectivity index (χ1) is 18.0. The maximum Gasteiger partial charge on any atom is 0.416 e. The van der Waals surface area contributed by atoms with Crippen LogP contribution >= 0.6 is 11.3 Å². The number of amides is 2. The van der Waals surface area contributed by atoms with Crippen LogP contribution in [0, 0.1) is 18.2 Å². The van der Waals surface area contributed by atoms with Gasteiger partial charge in [-0.05, 0) is 42.2 Å². The third kappa shape index (κ3) is 5.91. The number of terminal acetylenes is 1. The van der Waals surface area contributed by atoms with Crippen LogP contribution in [0.2, 0.25) is 0 Å². The highest BCUT2D eigenvalue weighted by Crippen LogP contribution is 2.38. The highest BCUT2D eigenvalue weighted by molar-refractivity contribution is 7.10. The molecule has 6 nitrogen and oxygen atoms in total. The van der Waals surface area contributed by atoms with Gasteiger partial charge in [0.25, 0.3) is 5.91 Å². The van der Waals surface area contributed by atoms with Gasteiger partial charge in [-0.25, -0.2) is 9.37 Å². The molecule has 1 aromatic heterocycles. The van der Waals surface area contributed by atoms with E-state index in [9.17, 15) is 35.9 Å². The molecule has 0 N–H and O–H groups in total. The van der Waals surface area contributed by atoms with Crippen LogP contribution in [0.25, 0.3) is 0 Å². The van der Waals surface area contributed by atoms with Crippen molar-refractivity contribution in [1.82, 2.24) is 9.88 Å². The molecule has 3 aromatic rings. The van der Waals surface area contributed by atoms with Crippen molar-refractivity contribution >= 4 is 28.8 Å². The Kier molecular flexibility index (Phi) is 7.63. The molecule has 1 aliphatic heterocycles. The summed E-state index contributed by atoms with van der Waals surface area (Å²) in [5.74, 6) is -0.643. The summed E-state index contributed by atoms with van der Waals surface area (Å²) in [5.41, 5.74) is -1.50. The van der Waals surface area contributed by atoms with Crippen molar-refractivity contribution in [2.24, 2.45) is 0 Å². The first-order valence-corrected chi connectivity index (χ1v) is 11.8. The number of thiazole rings is 1. The number of rotatable bonds is 7. The number of likely N-dealkylation sites (tertiary alicyclic amines) is 1. The van der Waals surface area contributed by atoms with Gasteiger partial charge in [0.1, 0.15) is 23.3 Å². The van der Waals surface area contributed by atoms with Crippen molar-refractivity contribution in [3.63, 3.8) is 0 Å². The Labute approximate surface area is 216 Å². The van der Waals surface area contributed by atoms with E-state index in [1.165, 1.54) is 34.5 Å². The monoisotopic (exact) mass is 553 g/mol. The number of ether oxygens (including phenoxy) is 1. The first-order valence-electron chi connectivity index (χ1n) is 10.9. The van der Waals surface area contributed by atoms with Crippen molar-refractivity contribution in [3.8, 4) is 18.1 Å². The minimum atomic E-state index is -4.98. The number of anilines is 1. The molecule has 0 aliphatic carbocycles. The number of hydrogen-bond acceptors (Lipinski definition) is 5. The Balaban J connectivity index is 1.76. The predicted octanol–water partition coefficient (Wildman–Crippen LogP) is 5.33. The minimum absolute atomic E-state index is 0.0131. The van der Waals surface area contributed by atoms with Crippen molar-refractivity contribution in [2.75, 3.05) is 11.4 Å². The Hall–Kier alpha value is -4.05. The zero-order chi connectivity index (χ0) is 27.6. The van der Waals surface area contributed by atoms with E-state index in [2.05, 4.69) is 15.6 Å². The molecule has 1 fully saturated rings. The molecule has 2 aromatic carbocycles. The normalized spacial score (nSPS) is 15.6. The molecular weight excluding hydrogens is 536 g/mol. The summed E-state index contributed by atoms with van der Waals surface area (Å²) in [5, 5.41) is 1.40. The molecule has 4 rings (SSSR count). The van der Waals surface area contributed by atoms with Crippen molar-refractivity contribution in [2.45, 2.75) is 31.8 Å². The van der Waals surface area contributed by atoms with Gasteiger partial charge in [0.05, 0.1) is 5.56 Å².